The number of nitrogens with two attached hydrogens (primary N) is 1. The standard InChI is InChI=1S/C16H12N2O3/c17-15(20)11-9-10-5-1-2-6-12(10)18-16(11)21-14-8-4-3-7-13(14)19/h1-9,19H,(H2,17,20). The number of phenolic OH excluding ortho intramolecular Hbond substituents is 1. The molecule has 0 spiro atoms. The van der Waals surface area contributed by atoms with Crippen molar-refractivity contribution in [3.05, 3.63) is 60.2 Å². The summed E-state index contributed by atoms with van der Waals surface area (Å²) in [5.41, 5.74) is 6.21. The number of hydrogen-bond acceptors (Lipinski definition) is 4. The Morgan fingerprint density at radius 3 is 2.57 bits per heavy atom. The highest BCUT2D eigenvalue weighted by Crippen LogP contribution is 2.32. The van der Waals surface area contributed by atoms with Crippen molar-refractivity contribution in [3.63, 3.8) is 0 Å². The van der Waals surface area contributed by atoms with E-state index in [1.165, 1.54) is 6.07 Å². The molecule has 0 radical (unpaired) electrons. The molecule has 3 rings (SSSR count). The number of rotatable bonds is 3. The van der Waals surface area contributed by atoms with Crippen LogP contribution in [-0.2, 0) is 0 Å². The highest BCUT2D eigenvalue weighted by atomic mass is 16.5. The van der Waals surface area contributed by atoms with E-state index in [4.69, 9.17) is 10.5 Å². The number of ether oxygens (including phenoxy) is 1. The average molecular weight is 280 g/mol. The Balaban J connectivity index is 2.14. The zero-order valence-electron chi connectivity index (χ0n) is 11.0. The van der Waals surface area contributed by atoms with E-state index in [0.717, 1.165) is 5.39 Å². The van der Waals surface area contributed by atoms with Crippen molar-refractivity contribution in [2.24, 2.45) is 5.73 Å². The van der Waals surface area contributed by atoms with Gasteiger partial charge < -0.3 is 15.6 Å². The normalized spacial score (nSPS) is 10.5. The van der Waals surface area contributed by atoms with Gasteiger partial charge in [0.15, 0.2) is 11.5 Å². The Bertz CT molecular complexity index is 831. The van der Waals surface area contributed by atoms with Gasteiger partial charge in [-0.25, -0.2) is 4.98 Å². The minimum atomic E-state index is -0.640. The number of carbonyl (C=O) groups is 1. The van der Waals surface area contributed by atoms with Crippen LogP contribution in [0, 0.1) is 0 Å². The van der Waals surface area contributed by atoms with Crippen LogP contribution in [0.4, 0.5) is 0 Å². The Kier molecular flexibility index (Phi) is 3.16. The van der Waals surface area contributed by atoms with Crippen LogP contribution < -0.4 is 10.5 Å². The molecule has 0 fully saturated rings. The first-order valence-corrected chi connectivity index (χ1v) is 6.30. The van der Waals surface area contributed by atoms with Crippen molar-refractivity contribution in [2.45, 2.75) is 0 Å². The van der Waals surface area contributed by atoms with Gasteiger partial charge in [-0.1, -0.05) is 30.3 Å². The van der Waals surface area contributed by atoms with E-state index in [0.29, 0.717) is 5.52 Å². The average Bonchev–Trinajstić information content (AvgIpc) is 2.48. The first kappa shape index (κ1) is 12.9. The van der Waals surface area contributed by atoms with Crippen LogP contribution in [0.5, 0.6) is 17.4 Å². The van der Waals surface area contributed by atoms with Gasteiger partial charge in [-0.2, -0.15) is 0 Å². The number of aromatic hydroxyl groups is 1. The van der Waals surface area contributed by atoms with Gasteiger partial charge in [-0.3, -0.25) is 4.79 Å². The Hall–Kier alpha value is -3.08. The molecule has 3 aromatic rings. The highest BCUT2D eigenvalue weighted by Gasteiger charge is 2.15. The maximum atomic E-state index is 11.6. The molecule has 104 valence electrons. The second-order valence-electron chi connectivity index (χ2n) is 4.47. The zero-order chi connectivity index (χ0) is 14.8. The summed E-state index contributed by atoms with van der Waals surface area (Å²) in [6.07, 6.45) is 0. The summed E-state index contributed by atoms with van der Waals surface area (Å²) < 4.78 is 5.55. The summed E-state index contributed by atoms with van der Waals surface area (Å²) in [6, 6.07) is 15.4. The number of para-hydroxylation sites is 3. The van der Waals surface area contributed by atoms with Crippen molar-refractivity contribution in [2.75, 3.05) is 0 Å². The molecule has 0 bridgehead atoms. The van der Waals surface area contributed by atoms with Gasteiger partial charge in [0.2, 0.25) is 5.88 Å². The fourth-order valence-electron chi connectivity index (χ4n) is 2.00. The third-order valence-corrected chi connectivity index (χ3v) is 3.03. The Labute approximate surface area is 120 Å². The summed E-state index contributed by atoms with van der Waals surface area (Å²) in [5, 5.41) is 10.5. The van der Waals surface area contributed by atoms with E-state index < -0.39 is 5.91 Å². The molecule has 5 heteroatoms. The van der Waals surface area contributed by atoms with E-state index in [-0.39, 0.29) is 22.9 Å². The lowest BCUT2D eigenvalue weighted by Gasteiger charge is -2.10. The van der Waals surface area contributed by atoms with E-state index in [9.17, 15) is 9.90 Å². The molecule has 1 heterocycles. The van der Waals surface area contributed by atoms with E-state index in [2.05, 4.69) is 4.98 Å². The predicted octanol–water partition coefficient (Wildman–Crippen LogP) is 2.83. The molecule has 0 aliphatic carbocycles. The molecular formula is C16H12N2O3. The van der Waals surface area contributed by atoms with Crippen LogP contribution >= 0.6 is 0 Å². The number of pyridine rings is 1. The molecule has 1 amide bonds. The van der Waals surface area contributed by atoms with Crippen LogP contribution in [0.2, 0.25) is 0 Å². The van der Waals surface area contributed by atoms with Crippen LogP contribution in [0.15, 0.2) is 54.6 Å². The van der Waals surface area contributed by atoms with E-state index >= 15 is 0 Å². The van der Waals surface area contributed by atoms with Crippen molar-refractivity contribution in [1.29, 1.82) is 0 Å². The molecule has 1 aromatic heterocycles. The fraction of sp³-hybridized carbons (Fsp3) is 0. The number of aromatic nitrogens is 1. The van der Waals surface area contributed by atoms with Gasteiger partial charge in [0.25, 0.3) is 5.91 Å². The Morgan fingerprint density at radius 2 is 1.81 bits per heavy atom. The van der Waals surface area contributed by atoms with Crippen LogP contribution in [0.25, 0.3) is 10.9 Å². The molecule has 21 heavy (non-hydrogen) atoms. The summed E-state index contributed by atoms with van der Waals surface area (Å²) in [4.78, 5) is 15.9. The topological polar surface area (TPSA) is 85.4 Å². The molecule has 0 saturated heterocycles. The number of nitrogens with zero attached hydrogens (tertiary/aromatic N) is 1. The molecule has 0 aliphatic rings. The third kappa shape index (κ3) is 2.49. The number of hydrogen-bond donors (Lipinski definition) is 2. The van der Waals surface area contributed by atoms with Crippen LogP contribution in [0.1, 0.15) is 10.4 Å². The molecule has 0 unspecified atom stereocenters. The third-order valence-electron chi connectivity index (χ3n) is 3.03. The van der Waals surface area contributed by atoms with Crippen molar-refractivity contribution < 1.29 is 14.6 Å². The summed E-state index contributed by atoms with van der Waals surface area (Å²) in [6.45, 7) is 0. The summed E-state index contributed by atoms with van der Waals surface area (Å²) >= 11 is 0. The SMILES string of the molecule is NC(=O)c1cc2ccccc2nc1Oc1ccccc1O. The number of carbonyl (C=O) groups excluding carboxylic acids is 1. The molecule has 5 nitrogen and oxygen atoms in total. The van der Waals surface area contributed by atoms with Gasteiger partial charge >= 0.3 is 0 Å². The number of benzene rings is 2. The maximum Gasteiger partial charge on any atom is 0.254 e. The molecule has 3 N–H and O–H groups in total. The fourth-order valence-corrected chi connectivity index (χ4v) is 2.00. The Morgan fingerprint density at radius 1 is 1.10 bits per heavy atom. The van der Waals surface area contributed by atoms with Gasteiger partial charge in [0.1, 0.15) is 5.56 Å². The predicted molar refractivity (Wildman–Crippen MR) is 78.4 cm³/mol. The second kappa shape index (κ2) is 5.13. The van der Waals surface area contributed by atoms with Crippen molar-refractivity contribution >= 4 is 16.8 Å². The number of phenols is 1. The molecule has 0 atom stereocenters. The lowest BCUT2D eigenvalue weighted by atomic mass is 10.1. The lowest BCUT2D eigenvalue weighted by Crippen LogP contribution is -2.13. The minimum absolute atomic E-state index is 0.0390. The number of primary amides is 1. The molecule has 0 aliphatic heterocycles. The van der Waals surface area contributed by atoms with Crippen LogP contribution in [0.3, 0.4) is 0 Å². The minimum Gasteiger partial charge on any atom is -0.504 e. The number of amides is 1. The van der Waals surface area contributed by atoms with E-state index in [1.54, 1.807) is 30.3 Å². The quantitative estimate of drug-likeness (QED) is 0.772. The zero-order valence-corrected chi connectivity index (χ0v) is 11.0. The molecule has 2 aromatic carbocycles. The van der Waals surface area contributed by atoms with E-state index in [1.807, 2.05) is 18.2 Å². The van der Waals surface area contributed by atoms with Crippen LogP contribution in [-0.4, -0.2) is 16.0 Å². The maximum absolute atomic E-state index is 11.6. The first-order valence-electron chi connectivity index (χ1n) is 6.30. The smallest absolute Gasteiger partial charge is 0.254 e. The molecule has 0 saturated carbocycles. The van der Waals surface area contributed by atoms with Gasteiger partial charge in [-0.15, -0.1) is 0 Å². The highest BCUT2D eigenvalue weighted by molar-refractivity contribution is 5.98. The van der Waals surface area contributed by atoms with Gasteiger partial charge in [-0.05, 0) is 24.3 Å². The second-order valence-corrected chi connectivity index (χ2v) is 4.47. The molecular weight excluding hydrogens is 268 g/mol. The summed E-state index contributed by atoms with van der Waals surface area (Å²) in [7, 11) is 0. The summed E-state index contributed by atoms with van der Waals surface area (Å²) in [5.74, 6) is -0.396. The first-order chi connectivity index (χ1) is 10.1. The largest absolute Gasteiger partial charge is 0.504 e. The van der Waals surface area contributed by atoms with Gasteiger partial charge in [0.05, 0.1) is 5.52 Å². The number of fused-ring (bicyclic) bond motifs is 1. The van der Waals surface area contributed by atoms with Crippen molar-refractivity contribution in [3.8, 4) is 17.4 Å². The lowest BCUT2D eigenvalue weighted by molar-refractivity contribution is 0.0997. The monoisotopic (exact) mass is 280 g/mol. The van der Waals surface area contributed by atoms with Gasteiger partial charge in [0, 0.05) is 5.39 Å². The van der Waals surface area contributed by atoms with Crippen molar-refractivity contribution in [1.82, 2.24) is 4.98 Å².